The molecule has 22 heavy (non-hydrogen) atoms. The van der Waals surface area contributed by atoms with E-state index in [4.69, 9.17) is 9.47 Å². The van der Waals surface area contributed by atoms with Crippen LogP contribution in [0.5, 0.6) is 0 Å². The average Bonchev–Trinajstić information content (AvgIpc) is 3.17. The van der Waals surface area contributed by atoms with E-state index in [1.807, 2.05) is 0 Å². The second-order valence-corrected chi connectivity index (χ2v) is 5.74. The van der Waals surface area contributed by atoms with E-state index in [2.05, 4.69) is 39.4 Å². The van der Waals surface area contributed by atoms with Crippen molar-refractivity contribution in [1.82, 2.24) is 10.6 Å². The van der Waals surface area contributed by atoms with Crippen LogP contribution in [0.2, 0.25) is 0 Å². The molecule has 0 aliphatic carbocycles. The van der Waals surface area contributed by atoms with Crippen molar-refractivity contribution >= 4 is 41.3 Å². The Morgan fingerprint density at radius 3 is 3.09 bits per heavy atom. The lowest BCUT2D eigenvalue weighted by Crippen LogP contribution is -2.38. The summed E-state index contributed by atoms with van der Waals surface area (Å²) in [5.74, 6) is 0.868. The molecule has 1 unspecified atom stereocenters. The first kappa shape index (κ1) is 19.7. The minimum atomic E-state index is 0. The van der Waals surface area contributed by atoms with Gasteiger partial charge in [-0.3, -0.25) is 0 Å². The van der Waals surface area contributed by atoms with Crippen molar-refractivity contribution in [2.75, 3.05) is 32.9 Å². The molecular weight excluding hydrogens is 413 g/mol. The smallest absolute Gasteiger partial charge is 0.191 e. The zero-order valence-electron chi connectivity index (χ0n) is 13.0. The summed E-state index contributed by atoms with van der Waals surface area (Å²) in [5.41, 5.74) is 1.25. The number of thiophene rings is 1. The topological polar surface area (TPSA) is 54.9 Å². The first-order valence-electron chi connectivity index (χ1n) is 7.61. The lowest BCUT2D eigenvalue weighted by molar-refractivity contribution is 0.0420. The summed E-state index contributed by atoms with van der Waals surface area (Å²) in [4.78, 5) is 4.57. The molecule has 0 amide bonds. The van der Waals surface area contributed by atoms with Gasteiger partial charge < -0.3 is 20.1 Å². The summed E-state index contributed by atoms with van der Waals surface area (Å²) in [6.07, 6.45) is 2.29. The first-order chi connectivity index (χ1) is 10.4. The minimum absolute atomic E-state index is 0. The third-order valence-corrected chi connectivity index (χ3v) is 3.93. The standard InChI is InChI=1S/C15H25N3O2S.HI/c1-2-16-15(18-10-13-5-9-21-12-13)17-6-3-7-20-14-4-8-19-11-14;/h5,9,12,14H,2-4,6-8,10-11H2,1H3,(H2,16,17,18);1H. The molecule has 0 radical (unpaired) electrons. The molecule has 5 nitrogen and oxygen atoms in total. The fraction of sp³-hybridized carbons (Fsp3) is 0.667. The van der Waals surface area contributed by atoms with Gasteiger partial charge in [0.05, 0.1) is 19.3 Å². The van der Waals surface area contributed by atoms with Gasteiger partial charge in [-0.05, 0) is 42.2 Å². The summed E-state index contributed by atoms with van der Waals surface area (Å²) in [6, 6.07) is 2.11. The van der Waals surface area contributed by atoms with Crippen molar-refractivity contribution < 1.29 is 9.47 Å². The maximum atomic E-state index is 5.74. The van der Waals surface area contributed by atoms with E-state index in [-0.39, 0.29) is 24.0 Å². The molecule has 1 saturated heterocycles. The van der Waals surface area contributed by atoms with E-state index in [1.54, 1.807) is 11.3 Å². The van der Waals surface area contributed by atoms with Crippen LogP contribution in [-0.2, 0) is 16.0 Å². The van der Waals surface area contributed by atoms with Gasteiger partial charge in [-0.15, -0.1) is 24.0 Å². The monoisotopic (exact) mass is 439 g/mol. The molecule has 7 heteroatoms. The summed E-state index contributed by atoms with van der Waals surface area (Å²) >= 11 is 1.70. The molecule has 2 rings (SSSR count). The van der Waals surface area contributed by atoms with Crippen LogP contribution in [0.15, 0.2) is 21.8 Å². The van der Waals surface area contributed by atoms with Gasteiger partial charge in [0.15, 0.2) is 5.96 Å². The number of rotatable bonds is 8. The van der Waals surface area contributed by atoms with Crippen LogP contribution in [0.1, 0.15) is 25.3 Å². The molecule has 1 aliphatic rings. The molecule has 1 atom stereocenters. The van der Waals surface area contributed by atoms with E-state index in [0.717, 1.165) is 58.3 Å². The minimum Gasteiger partial charge on any atom is -0.379 e. The van der Waals surface area contributed by atoms with Crippen LogP contribution in [0.4, 0.5) is 0 Å². The number of guanidine groups is 1. The second kappa shape index (κ2) is 12.1. The van der Waals surface area contributed by atoms with Crippen LogP contribution in [-0.4, -0.2) is 45.0 Å². The Hall–Kier alpha value is -0.380. The van der Waals surface area contributed by atoms with Crippen LogP contribution < -0.4 is 10.6 Å². The molecule has 1 fully saturated rings. The number of hydrogen-bond acceptors (Lipinski definition) is 4. The highest BCUT2D eigenvalue weighted by Gasteiger charge is 2.15. The highest BCUT2D eigenvalue weighted by atomic mass is 127. The first-order valence-corrected chi connectivity index (χ1v) is 8.55. The Bertz CT molecular complexity index is 409. The molecule has 2 heterocycles. The number of halogens is 1. The lowest BCUT2D eigenvalue weighted by atomic mass is 10.3. The van der Waals surface area contributed by atoms with Gasteiger partial charge in [-0.2, -0.15) is 11.3 Å². The Kier molecular flexibility index (Phi) is 10.8. The van der Waals surface area contributed by atoms with Gasteiger partial charge in [-0.1, -0.05) is 0 Å². The highest BCUT2D eigenvalue weighted by molar-refractivity contribution is 14.0. The van der Waals surface area contributed by atoms with E-state index in [9.17, 15) is 0 Å². The molecule has 1 aromatic heterocycles. The number of hydrogen-bond donors (Lipinski definition) is 2. The van der Waals surface area contributed by atoms with Crippen LogP contribution in [0.3, 0.4) is 0 Å². The summed E-state index contributed by atoms with van der Waals surface area (Å²) in [6.45, 7) is 6.88. The van der Waals surface area contributed by atoms with E-state index >= 15 is 0 Å². The SMILES string of the molecule is CCNC(=NCc1ccsc1)NCCCOC1CCOC1.I. The van der Waals surface area contributed by atoms with Crippen LogP contribution in [0.25, 0.3) is 0 Å². The fourth-order valence-corrected chi connectivity index (χ4v) is 2.73. The lowest BCUT2D eigenvalue weighted by Gasteiger charge is -2.12. The van der Waals surface area contributed by atoms with Crippen molar-refractivity contribution in [3.63, 3.8) is 0 Å². The van der Waals surface area contributed by atoms with Gasteiger partial charge in [-0.25, -0.2) is 4.99 Å². The Morgan fingerprint density at radius 1 is 1.50 bits per heavy atom. The quantitative estimate of drug-likeness (QED) is 0.283. The van der Waals surface area contributed by atoms with Crippen molar-refractivity contribution in [3.8, 4) is 0 Å². The van der Waals surface area contributed by atoms with Crippen molar-refractivity contribution in [1.29, 1.82) is 0 Å². The zero-order valence-corrected chi connectivity index (χ0v) is 16.2. The molecule has 1 aromatic rings. The van der Waals surface area contributed by atoms with Crippen LogP contribution >= 0.6 is 35.3 Å². The Labute approximate surface area is 153 Å². The third kappa shape index (κ3) is 7.75. The molecule has 0 aromatic carbocycles. The molecular formula is C15H26IN3O2S. The molecule has 0 spiro atoms. The Balaban J connectivity index is 0.00000242. The summed E-state index contributed by atoms with van der Waals surface area (Å²) in [7, 11) is 0. The number of aliphatic imine (C=N–C) groups is 1. The van der Waals surface area contributed by atoms with Crippen molar-refractivity contribution in [2.45, 2.75) is 32.4 Å². The maximum absolute atomic E-state index is 5.74. The van der Waals surface area contributed by atoms with E-state index in [1.165, 1.54) is 5.56 Å². The second-order valence-electron chi connectivity index (χ2n) is 4.96. The van der Waals surface area contributed by atoms with Gasteiger partial charge in [0, 0.05) is 26.3 Å². The predicted octanol–water partition coefficient (Wildman–Crippen LogP) is 2.62. The number of nitrogens with one attached hydrogen (secondary N) is 2. The van der Waals surface area contributed by atoms with Gasteiger partial charge in [0.25, 0.3) is 0 Å². The van der Waals surface area contributed by atoms with E-state index < -0.39 is 0 Å². The number of nitrogens with zero attached hydrogens (tertiary/aromatic N) is 1. The highest BCUT2D eigenvalue weighted by Crippen LogP contribution is 2.08. The zero-order chi connectivity index (χ0) is 14.8. The fourth-order valence-electron chi connectivity index (χ4n) is 2.07. The summed E-state index contributed by atoms with van der Waals surface area (Å²) in [5, 5.41) is 10.8. The third-order valence-electron chi connectivity index (χ3n) is 3.20. The van der Waals surface area contributed by atoms with Gasteiger partial charge in [0.2, 0.25) is 0 Å². The van der Waals surface area contributed by atoms with Crippen LogP contribution in [0, 0.1) is 0 Å². The molecule has 2 N–H and O–H groups in total. The molecule has 0 saturated carbocycles. The molecule has 0 bridgehead atoms. The average molecular weight is 439 g/mol. The normalized spacial score (nSPS) is 18.0. The Morgan fingerprint density at radius 2 is 2.41 bits per heavy atom. The van der Waals surface area contributed by atoms with E-state index in [0.29, 0.717) is 6.10 Å². The van der Waals surface area contributed by atoms with Gasteiger partial charge >= 0.3 is 0 Å². The number of ether oxygens (including phenoxy) is 2. The molecule has 126 valence electrons. The van der Waals surface area contributed by atoms with Crippen molar-refractivity contribution in [2.24, 2.45) is 4.99 Å². The maximum Gasteiger partial charge on any atom is 0.191 e. The van der Waals surface area contributed by atoms with Gasteiger partial charge in [0.1, 0.15) is 0 Å². The predicted molar refractivity (Wildman–Crippen MR) is 102 cm³/mol. The van der Waals surface area contributed by atoms with Crippen molar-refractivity contribution in [3.05, 3.63) is 22.4 Å². The molecule has 1 aliphatic heterocycles. The largest absolute Gasteiger partial charge is 0.379 e. The summed E-state index contributed by atoms with van der Waals surface area (Å²) < 4.78 is 11.0.